The largest absolute Gasteiger partial charge is 0.312 e. The Morgan fingerprint density at radius 3 is 2.37 bits per heavy atom. The van der Waals surface area contributed by atoms with Gasteiger partial charge < -0.3 is 4.90 Å². The first kappa shape index (κ1) is 18.1. The Bertz CT molecular complexity index is 801. The molecule has 0 spiro atoms. The smallest absolute Gasteiger partial charge is 0.227 e. The van der Waals surface area contributed by atoms with Crippen molar-refractivity contribution in [1.29, 1.82) is 0 Å². The Labute approximate surface area is 158 Å². The summed E-state index contributed by atoms with van der Waals surface area (Å²) in [5, 5.41) is 0. The summed E-state index contributed by atoms with van der Waals surface area (Å²) in [6.07, 6.45) is 3.33. The van der Waals surface area contributed by atoms with E-state index in [1.807, 2.05) is 17.0 Å². The van der Waals surface area contributed by atoms with Gasteiger partial charge >= 0.3 is 0 Å². The average molecular weight is 370 g/mol. The van der Waals surface area contributed by atoms with Gasteiger partial charge in [-0.15, -0.1) is 0 Å². The van der Waals surface area contributed by atoms with E-state index in [9.17, 15) is 13.6 Å². The fourth-order valence-corrected chi connectivity index (χ4v) is 4.25. The number of halogens is 2. The molecular weight excluding hydrogens is 346 g/mol. The molecule has 4 rings (SSSR count). The van der Waals surface area contributed by atoms with Crippen LogP contribution in [0.25, 0.3) is 0 Å². The topological polar surface area (TPSA) is 23.6 Å². The monoisotopic (exact) mass is 370 g/mol. The molecule has 0 aromatic heterocycles. The van der Waals surface area contributed by atoms with Gasteiger partial charge in [0.1, 0.15) is 11.6 Å². The zero-order chi connectivity index (χ0) is 18.8. The number of carbonyl (C=O) groups is 1. The molecule has 1 atom stereocenters. The molecule has 1 unspecified atom stereocenters. The highest BCUT2D eigenvalue weighted by molar-refractivity contribution is 5.95. The molecule has 3 nitrogen and oxygen atoms in total. The summed E-state index contributed by atoms with van der Waals surface area (Å²) < 4.78 is 26.7. The highest BCUT2D eigenvalue weighted by atomic mass is 19.1. The Morgan fingerprint density at radius 1 is 0.963 bits per heavy atom. The maximum absolute atomic E-state index is 13.4. The predicted octanol–water partition coefficient (Wildman–Crippen LogP) is 4.16. The van der Waals surface area contributed by atoms with Gasteiger partial charge in [-0.2, -0.15) is 0 Å². The Balaban J connectivity index is 1.32. The number of nitrogens with zero attached hydrogens (tertiary/aromatic N) is 2. The molecule has 0 saturated carbocycles. The molecule has 2 heterocycles. The molecule has 0 aliphatic carbocycles. The predicted molar refractivity (Wildman–Crippen MR) is 101 cm³/mol. The number of hydrogen-bond acceptors (Lipinski definition) is 2. The van der Waals surface area contributed by atoms with Gasteiger partial charge in [-0.3, -0.25) is 9.69 Å². The van der Waals surface area contributed by atoms with Crippen molar-refractivity contribution in [3.63, 3.8) is 0 Å². The quantitative estimate of drug-likeness (QED) is 0.789. The van der Waals surface area contributed by atoms with Crippen molar-refractivity contribution in [3.8, 4) is 0 Å². The van der Waals surface area contributed by atoms with Crippen LogP contribution in [0.3, 0.4) is 0 Å². The van der Waals surface area contributed by atoms with Crippen molar-refractivity contribution in [3.05, 3.63) is 65.2 Å². The molecular formula is C22H24F2N2O. The van der Waals surface area contributed by atoms with Gasteiger partial charge in [0.2, 0.25) is 5.91 Å². The molecule has 2 aliphatic heterocycles. The molecule has 142 valence electrons. The van der Waals surface area contributed by atoms with E-state index in [1.54, 1.807) is 0 Å². The molecule has 1 amide bonds. The summed E-state index contributed by atoms with van der Waals surface area (Å²) >= 11 is 0. The van der Waals surface area contributed by atoms with E-state index >= 15 is 0 Å². The van der Waals surface area contributed by atoms with Crippen LogP contribution in [0, 0.1) is 17.6 Å². The zero-order valence-electron chi connectivity index (χ0n) is 15.3. The van der Waals surface area contributed by atoms with Crippen LogP contribution >= 0.6 is 0 Å². The van der Waals surface area contributed by atoms with Gasteiger partial charge in [-0.05, 0) is 67.1 Å². The van der Waals surface area contributed by atoms with E-state index in [4.69, 9.17) is 0 Å². The van der Waals surface area contributed by atoms with Gasteiger partial charge in [0.15, 0.2) is 0 Å². The minimum absolute atomic E-state index is 0.207. The second kappa shape index (κ2) is 7.77. The highest BCUT2D eigenvalue weighted by Gasteiger charge is 2.24. The molecule has 0 radical (unpaired) electrons. The molecule has 0 N–H and O–H groups in total. The summed E-state index contributed by atoms with van der Waals surface area (Å²) in [5.41, 5.74) is 2.94. The number of benzene rings is 2. The summed E-state index contributed by atoms with van der Waals surface area (Å²) in [5.74, 6) is -0.375. The highest BCUT2D eigenvalue weighted by Crippen LogP contribution is 2.25. The summed E-state index contributed by atoms with van der Waals surface area (Å²) in [6, 6.07) is 12.0. The molecule has 2 saturated heterocycles. The lowest BCUT2D eigenvalue weighted by atomic mass is 9.98. The van der Waals surface area contributed by atoms with Crippen molar-refractivity contribution < 1.29 is 13.6 Å². The first-order chi connectivity index (χ1) is 13.1. The third-order valence-corrected chi connectivity index (χ3v) is 5.54. The minimum atomic E-state index is -0.503. The Morgan fingerprint density at radius 2 is 1.70 bits per heavy atom. The number of anilines is 1. The van der Waals surface area contributed by atoms with Crippen LogP contribution in [-0.2, 0) is 17.8 Å². The van der Waals surface area contributed by atoms with Crippen molar-refractivity contribution >= 4 is 11.6 Å². The standard InChI is InChI=1S/C22H24F2N2O/c23-19-11-18(12-20(24)13-19)10-17-7-9-25(15-17)14-16-3-5-21(6-4-16)26-8-1-2-22(26)27/h3-6,11-13,17H,1-2,7-10,14-15H2. The molecule has 0 bridgehead atoms. The van der Waals surface area contributed by atoms with Gasteiger partial charge in [0.05, 0.1) is 0 Å². The third-order valence-electron chi connectivity index (χ3n) is 5.54. The maximum atomic E-state index is 13.4. The second-order valence-corrected chi connectivity index (χ2v) is 7.69. The lowest BCUT2D eigenvalue weighted by Crippen LogP contribution is -2.24. The molecule has 27 heavy (non-hydrogen) atoms. The lowest BCUT2D eigenvalue weighted by molar-refractivity contribution is -0.117. The van der Waals surface area contributed by atoms with Crippen LogP contribution in [0.4, 0.5) is 14.5 Å². The Kier molecular flexibility index (Phi) is 5.21. The normalized spacial score (nSPS) is 20.6. The second-order valence-electron chi connectivity index (χ2n) is 7.69. The van der Waals surface area contributed by atoms with Crippen LogP contribution in [0.1, 0.15) is 30.4 Å². The average Bonchev–Trinajstić information content (AvgIpc) is 3.24. The van der Waals surface area contributed by atoms with Crippen LogP contribution in [0.5, 0.6) is 0 Å². The van der Waals surface area contributed by atoms with Gasteiger partial charge in [-0.1, -0.05) is 12.1 Å². The van der Waals surface area contributed by atoms with E-state index in [1.165, 1.54) is 17.7 Å². The summed E-state index contributed by atoms with van der Waals surface area (Å²) in [4.78, 5) is 16.1. The molecule has 2 fully saturated rings. The lowest BCUT2D eigenvalue weighted by Gasteiger charge is -2.18. The van der Waals surface area contributed by atoms with Crippen LogP contribution in [0.15, 0.2) is 42.5 Å². The third kappa shape index (κ3) is 4.35. The van der Waals surface area contributed by atoms with E-state index < -0.39 is 11.6 Å². The first-order valence-corrected chi connectivity index (χ1v) is 9.63. The van der Waals surface area contributed by atoms with Crippen molar-refractivity contribution in [2.24, 2.45) is 5.92 Å². The van der Waals surface area contributed by atoms with E-state index in [0.717, 1.165) is 56.3 Å². The molecule has 5 heteroatoms. The van der Waals surface area contributed by atoms with Crippen LogP contribution in [0.2, 0.25) is 0 Å². The SMILES string of the molecule is O=C1CCCN1c1ccc(CN2CCC(Cc3cc(F)cc(F)c3)C2)cc1. The number of hydrogen-bond donors (Lipinski definition) is 0. The fourth-order valence-electron chi connectivity index (χ4n) is 4.25. The number of rotatable bonds is 5. The van der Waals surface area contributed by atoms with Crippen molar-refractivity contribution in [1.82, 2.24) is 4.90 Å². The zero-order valence-corrected chi connectivity index (χ0v) is 15.3. The molecule has 2 aromatic carbocycles. The van der Waals surface area contributed by atoms with E-state index in [2.05, 4.69) is 17.0 Å². The summed E-state index contributed by atoms with van der Waals surface area (Å²) in [7, 11) is 0. The van der Waals surface area contributed by atoms with Crippen molar-refractivity contribution in [2.75, 3.05) is 24.5 Å². The van der Waals surface area contributed by atoms with Crippen LogP contribution < -0.4 is 4.90 Å². The van der Waals surface area contributed by atoms with Crippen molar-refractivity contribution in [2.45, 2.75) is 32.2 Å². The van der Waals surface area contributed by atoms with Gasteiger partial charge in [0.25, 0.3) is 0 Å². The van der Waals surface area contributed by atoms with E-state index in [0.29, 0.717) is 18.8 Å². The Hall–Kier alpha value is -2.27. The maximum Gasteiger partial charge on any atom is 0.227 e. The molecule has 2 aromatic rings. The number of carbonyl (C=O) groups excluding carboxylic acids is 1. The first-order valence-electron chi connectivity index (χ1n) is 9.63. The summed E-state index contributed by atoms with van der Waals surface area (Å²) in [6.45, 7) is 3.61. The van der Waals surface area contributed by atoms with Crippen LogP contribution in [-0.4, -0.2) is 30.4 Å². The van der Waals surface area contributed by atoms with E-state index in [-0.39, 0.29) is 5.91 Å². The fraction of sp³-hybridized carbons (Fsp3) is 0.409. The molecule has 2 aliphatic rings. The van der Waals surface area contributed by atoms with Gasteiger partial charge in [-0.25, -0.2) is 8.78 Å². The number of likely N-dealkylation sites (tertiary alicyclic amines) is 1. The van der Waals surface area contributed by atoms with Gasteiger partial charge in [0, 0.05) is 37.8 Å². The minimum Gasteiger partial charge on any atom is -0.312 e. The number of amides is 1.